The van der Waals surface area contributed by atoms with Gasteiger partial charge < -0.3 is 15.4 Å². The summed E-state index contributed by atoms with van der Waals surface area (Å²) in [6.45, 7) is 8.32. The molecule has 22 heavy (non-hydrogen) atoms. The third-order valence-electron chi connectivity index (χ3n) is 2.62. The average molecular weight is 419 g/mol. The number of hydrogen-bond donors (Lipinski definition) is 2. The third-order valence-corrected chi connectivity index (χ3v) is 2.62. The second-order valence-corrected chi connectivity index (χ2v) is 5.85. The molecule has 1 aromatic carbocycles. The molecule has 2 N–H and O–H groups in total. The van der Waals surface area contributed by atoms with Gasteiger partial charge in [0.25, 0.3) is 0 Å². The van der Waals surface area contributed by atoms with Crippen molar-refractivity contribution in [2.24, 2.45) is 4.99 Å². The number of aliphatic imine (C=N–C) groups is 1. The predicted molar refractivity (Wildman–Crippen MR) is 101 cm³/mol. The Labute approximate surface area is 149 Å². The number of halogens is 1. The van der Waals surface area contributed by atoms with Gasteiger partial charge in [0, 0.05) is 13.6 Å². The number of esters is 1. The molecule has 0 saturated carbocycles. The van der Waals surface area contributed by atoms with Crippen LogP contribution in [0.25, 0.3) is 0 Å². The molecule has 0 radical (unpaired) electrons. The van der Waals surface area contributed by atoms with Crippen LogP contribution >= 0.6 is 24.0 Å². The summed E-state index contributed by atoms with van der Waals surface area (Å²) in [5.41, 5.74) is 1.91. The molecule has 1 rings (SSSR count). The highest BCUT2D eigenvalue weighted by Crippen LogP contribution is 2.06. The lowest BCUT2D eigenvalue weighted by atomic mass is 10.1. The molecule has 0 amide bonds. The highest BCUT2D eigenvalue weighted by molar-refractivity contribution is 14.0. The van der Waals surface area contributed by atoms with E-state index in [1.807, 2.05) is 20.8 Å². The van der Waals surface area contributed by atoms with Crippen LogP contribution in [0.4, 0.5) is 0 Å². The van der Waals surface area contributed by atoms with Gasteiger partial charge in [-0.05, 0) is 33.3 Å². The van der Waals surface area contributed by atoms with Crippen molar-refractivity contribution in [1.82, 2.24) is 10.6 Å². The molecule has 1 aromatic rings. The highest BCUT2D eigenvalue weighted by Gasteiger charge is 2.16. The average Bonchev–Trinajstić information content (AvgIpc) is 2.39. The Morgan fingerprint density at radius 2 is 1.77 bits per heavy atom. The number of ether oxygens (including phenoxy) is 1. The number of benzene rings is 1. The van der Waals surface area contributed by atoms with Crippen molar-refractivity contribution >= 4 is 35.9 Å². The SMILES string of the molecule is CN=C(NCC(=O)OC(C)(C)C)NCc1ccc(C)cc1.I. The molecule has 0 saturated heterocycles. The van der Waals surface area contributed by atoms with E-state index in [4.69, 9.17) is 4.74 Å². The van der Waals surface area contributed by atoms with Crippen molar-refractivity contribution < 1.29 is 9.53 Å². The second-order valence-electron chi connectivity index (χ2n) is 5.85. The van der Waals surface area contributed by atoms with Crippen molar-refractivity contribution in [2.75, 3.05) is 13.6 Å². The normalized spacial score (nSPS) is 11.4. The molecular formula is C16H26IN3O2. The van der Waals surface area contributed by atoms with E-state index in [0.29, 0.717) is 12.5 Å². The molecule has 0 unspecified atom stereocenters. The van der Waals surface area contributed by atoms with Gasteiger partial charge in [0.1, 0.15) is 12.1 Å². The summed E-state index contributed by atoms with van der Waals surface area (Å²) in [4.78, 5) is 15.7. The molecule has 0 heterocycles. The molecule has 0 aliphatic heterocycles. The Balaban J connectivity index is 0.00000441. The number of aryl methyl sites for hydroxylation is 1. The van der Waals surface area contributed by atoms with Gasteiger partial charge >= 0.3 is 5.97 Å². The van der Waals surface area contributed by atoms with E-state index in [-0.39, 0.29) is 36.5 Å². The Morgan fingerprint density at radius 1 is 1.18 bits per heavy atom. The van der Waals surface area contributed by atoms with E-state index in [1.54, 1.807) is 7.05 Å². The summed E-state index contributed by atoms with van der Waals surface area (Å²) in [5, 5.41) is 6.09. The highest BCUT2D eigenvalue weighted by atomic mass is 127. The van der Waals surface area contributed by atoms with Gasteiger partial charge in [-0.15, -0.1) is 24.0 Å². The third kappa shape index (κ3) is 8.86. The van der Waals surface area contributed by atoms with Crippen LogP contribution in [-0.2, 0) is 16.1 Å². The molecule has 0 aromatic heterocycles. The summed E-state index contributed by atoms with van der Waals surface area (Å²) in [6, 6.07) is 8.24. The Hall–Kier alpha value is -1.31. The van der Waals surface area contributed by atoms with Gasteiger partial charge in [-0.1, -0.05) is 29.8 Å². The fraction of sp³-hybridized carbons (Fsp3) is 0.500. The number of carbonyl (C=O) groups is 1. The van der Waals surface area contributed by atoms with Crippen LogP contribution < -0.4 is 10.6 Å². The minimum Gasteiger partial charge on any atom is -0.459 e. The second kappa shape index (κ2) is 9.66. The van der Waals surface area contributed by atoms with Crippen LogP contribution in [0.2, 0.25) is 0 Å². The molecule has 0 aliphatic carbocycles. The number of hydrogen-bond acceptors (Lipinski definition) is 3. The molecule has 0 bridgehead atoms. The number of guanidine groups is 1. The molecule has 0 fully saturated rings. The lowest BCUT2D eigenvalue weighted by Crippen LogP contribution is -2.41. The Morgan fingerprint density at radius 3 is 2.27 bits per heavy atom. The zero-order valence-electron chi connectivity index (χ0n) is 13.9. The fourth-order valence-corrected chi connectivity index (χ4v) is 1.65. The summed E-state index contributed by atoms with van der Waals surface area (Å²) >= 11 is 0. The zero-order valence-corrected chi connectivity index (χ0v) is 16.2. The van der Waals surface area contributed by atoms with E-state index in [9.17, 15) is 4.79 Å². The predicted octanol–water partition coefficient (Wildman–Crippen LogP) is 2.62. The first kappa shape index (κ1) is 20.7. The van der Waals surface area contributed by atoms with Crippen LogP contribution in [0.3, 0.4) is 0 Å². The molecular weight excluding hydrogens is 393 g/mol. The summed E-state index contributed by atoms with van der Waals surface area (Å²) in [5.74, 6) is 0.266. The van der Waals surface area contributed by atoms with E-state index in [0.717, 1.165) is 5.56 Å². The topological polar surface area (TPSA) is 62.7 Å². The molecule has 0 aliphatic rings. The van der Waals surface area contributed by atoms with Crippen LogP contribution in [0.5, 0.6) is 0 Å². The van der Waals surface area contributed by atoms with Crippen LogP contribution in [0, 0.1) is 6.92 Å². The minimum atomic E-state index is -0.475. The Kier molecular flexibility index (Phi) is 9.08. The molecule has 0 atom stereocenters. The van der Waals surface area contributed by atoms with Crippen LogP contribution in [0.1, 0.15) is 31.9 Å². The van der Waals surface area contributed by atoms with E-state index >= 15 is 0 Å². The van der Waals surface area contributed by atoms with E-state index < -0.39 is 5.60 Å². The largest absolute Gasteiger partial charge is 0.459 e. The van der Waals surface area contributed by atoms with Gasteiger partial charge in [0.2, 0.25) is 0 Å². The van der Waals surface area contributed by atoms with Crippen molar-refractivity contribution in [1.29, 1.82) is 0 Å². The van der Waals surface area contributed by atoms with Crippen LogP contribution in [-0.4, -0.2) is 31.1 Å². The lowest BCUT2D eigenvalue weighted by Gasteiger charge is -2.20. The number of nitrogens with zero attached hydrogens (tertiary/aromatic N) is 1. The number of nitrogens with one attached hydrogen (secondary N) is 2. The van der Waals surface area contributed by atoms with E-state index in [1.165, 1.54) is 5.56 Å². The fourth-order valence-electron chi connectivity index (χ4n) is 1.65. The van der Waals surface area contributed by atoms with Crippen molar-refractivity contribution in [3.8, 4) is 0 Å². The van der Waals surface area contributed by atoms with Gasteiger partial charge in [-0.25, -0.2) is 0 Å². The number of carbonyl (C=O) groups excluding carboxylic acids is 1. The van der Waals surface area contributed by atoms with Gasteiger partial charge in [0.05, 0.1) is 0 Å². The molecule has 6 heteroatoms. The first-order valence-corrected chi connectivity index (χ1v) is 7.02. The summed E-state index contributed by atoms with van der Waals surface area (Å²) in [7, 11) is 1.67. The number of rotatable bonds is 4. The smallest absolute Gasteiger partial charge is 0.325 e. The van der Waals surface area contributed by atoms with E-state index in [2.05, 4.69) is 46.8 Å². The summed E-state index contributed by atoms with van der Waals surface area (Å²) < 4.78 is 5.22. The first-order valence-electron chi connectivity index (χ1n) is 7.02. The maximum absolute atomic E-state index is 11.6. The first-order chi connectivity index (χ1) is 9.80. The molecule has 5 nitrogen and oxygen atoms in total. The van der Waals surface area contributed by atoms with Gasteiger partial charge in [0.15, 0.2) is 5.96 Å². The summed E-state index contributed by atoms with van der Waals surface area (Å²) in [6.07, 6.45) is 0. The van der Waals surface area contributed by atoms with Crippen molar-refractivity contribution in [3.05, 3.63) is 35.4 Å². The van der Waals surface area contributed by atoms with Crippen LogP contribution in [0.15, 0.2) is 29.3 Å². The monoisotopic (exact) mass is 419 g/mol. The van der Waals surface area contributed by atoms with Gasteiger partial charge in [-0.2, -0.15) is 0 Å². The Bertz CT molecular complexity index is 493. The van der Waals surface area contributed by atoms with Crippen molar-refractivity contribution in [3.63, 3.8) is 0 Å². The van der Waals surface area contributed by atoms with Gasteiger partial charge in [-0.3, -0.25) is 9.79 Å². The lowest BCUT2D eigenvalue weighted by molar-refractivity contribution is -0.153. The quantitative estimate of drug-likeness (QED) is 0.341. The maximum atomic E-state index is 11.6. The molecule has 124 valence electrons. The molecule has 0 spiro atoms. The zero-order chi connectivity index (χ0) is 15.9. The minimum absolute atomic E-state index is 0. The maximum Gasteiger partial charge on any atom is 0.325 e. The standard InChI is InChI=1S/C16H25N3O2.HI/c1-12-6-8-13(9-7-12)10-18-15(17-5)19-11-14(20)21-16(2,3)4;/h6-9H,10-11H2,1-5H3,(H2,17,18,19);1H. The van der Waals surface area contributed by atoms with Crippen molar-refractivity contribution in [2.45, 2.75) is 39.8 Å².